The van der Waals surface area contributed by atoms with Crippen LogP contribution in [-0.2, 0) is 11.8 Å². The van der Waals surface area contributed by atoms with Crippen LogP contribution in [-0.4, -0.2) is 22.9 Å². The Morgan fingerprint density at radius 3 is 2.94 bits per heavy atom. The molecule has 0 fully saturated rings. The standard InChI is InChI=1S/C13H21N3O/c1-4-14-13(11-6-5-7-17-9-11)12-8-16(3)15-10(12)2/h8-9,13-14H,4-7H2,1-3H3. The summed E-state index contributed by atoms with van der Waals surface area (Å²) in [5, 5.41) is 7.94. The number of nitrogens with one attached hydrogen (secondary N) is 1. The topological polar surface area (TPSA) is 39.1 Å². The summed E-state index contributed by atoms with van der Waals surface area (Å²) >= 11 is 0. The van der Waals surface area contributed by atoms with E-state index in [-0.39, 0.29) is 6.04 Å². The van der Waals surface area contributed by atoms with Crippen molar-refractivity contribution in [3.8, 4) is 0 Å². The fourth-order valence-electron chi connectivity index (χ4n) is 2.34. The third-order valence-electron chi connectivity index (χ3n) is 3.10. The molecule has 0 bridgehead atoms. The van der Waals surface area contributed by atoms with E-state index in [4.69, 9.17) is 4.74 Å². The normalized spacial score (nSPS) is 17.5. The second-order valence-corrected chi connectivity index (χ2v) is 4.50. The van der Waals surface area contributed by atoms with Gasteiger partial charge < -0.3 is 10.1 Å². The van der Waals surface area contributed by atoms with Crippen LogP contribution in [0.3, 0.4) is 0 Å². The number of hydrogen-bond donors (Lipinski definition) is 1. The molecule has 94 valence electrons. The first-order chi connectivity index (χ1) is 8.22. The Balaban J connectivity index is 2.27. The van der Waals surface area contributed by atoms with Crippen LogP contribution < -0.4 is 5.32 Å². The fourth-order valence-corrected chi connectivity index (χ4v) is 2.34. The molecule has 2 heterocycles. The molecular weight excluding hydrogens is 214 g/mol. The van der Waals surface area contributed by atoms with Crippen LogP contribution in [0.1, 0.15) is 37.1 Å². The molecule has 0 saturated carbocycles. The maximum absolute atomic E-state index is 5.45. The van der Waals surface area contributed by atoms with E-state index in [0.717, 1.165) is 31.7 Å². The van der Waals surface area contributed by atoms with Crippen molar-refractivity contribution in [1.82, 2.24) is 15.1 Å². The van der Waals surface area contributed by atoms with Crippen molar-refractivity contribution in [3.63, 3.8) is 0 Å². The van der Waals surface area contributed by atoms with Crippen molar-refractivity contribution in [2.24, 2.45) is 7.05 Å². The molecule has 0 aliphatic carbocycles. The van der Waals surface area contributed by atoms with Gasteiger partial charge in [-0.05, 0) is 31.9 Å². The molecule has 0 radical (unpaired) electrons. The molecule has 1 aromatic heterocycles. The van der Waals surface area contributed by atoms with Crippen LogP contribution in [0.15, 0.2) is 18.0 Å². The number of rotatable bonds is 4. The number of aromatic nitrogens is 2. The highest BCUT2D eigenvalue weighted by Gasteiger charge is 2.21. The first-order valence-electron chi connectivity index (χ1n) is 6.26. The number of ether oxygens (including phenoxy) is 1. The summed E-state index contributed by atoms with van der Waals surface area (Å²) < 4.78 is 7.32. The van der Waals surface area contributed by atoms with Crippen molar-refractivity contribution in [1.29, 1.82) is 0 Å². The molecule has 2 rings (SSSR count). The van der Waals surface area contributed by atoms with Gasteiger partial charge >= 0.3 is 0 Å². The zero-order chi connectivity index (χ0) is 12.3. The summed E-state index contributed by atoms with van der Waals surface area (Å²) in [5.74, 6) is 0. The summed E-state index contributed by atoms with van der Waals surface area (Å²) in [5.41, 5.74) is 3.67. The Labute approximate surface area is 103 Å². The minimum Gasteiger partial charge on any atom is -0.501 e. The van der Waals surface area contributed by atoms with Crippen LogP contribution in [0.2, 0.25) is 0 Å². The third kappa shape index (κ3) is 2.69. The summed E-state index contributed by atoms with van der Waals surface area (Å²) in [7, 11) is 1.96. The summed E-state index contributed by atoms with van der Waals surface area (Å²) in [6.07, 6.45) is 6.22. The summed E-state index contributed by atoms with van der Waals surface area (Å²) in [6.45, 7) is 5.97. The molecule has 0 spiro atoms. The Kier molecular flexibility index (Phi) is 3.84. The highest BCUT2D eigenvalue weighted by molar-refractivity contribution is 5.29. The van der Waals surface area contributed by atoms with E-state index in [2.05, 4.69) is 30.5 Å². The minimum absolute atomic E-state index is 0.244. The van der Waals surface area contributed by atoms with Gasteiger partial charge in [0.25, 0.3) is 0 Å². The molecule has 17 heavy (non-hydrogen) atoms. The quantitative estimate of drug-likeness (QED) is 0.868. The Bertz CT molecular complexity index is 409. The Morgan fingerprint density at radius 1 is 1.59 bits per heavy atom. The van der Waals surface area contributed by atoms with Gasteiger partial charge in [0.15, 0.2) is 0 Å². The van der Waals surface area contributed by atoms with Crippen molar-refractivity contribution >= 4 is 0 Å². The van der Waals surface area contributed by atoms with Crippen LogP contribution in [0, 0.1) is 6.92 Å². The SMILES string of the molecule is CCNC(C1=COCCC1)c1cn(C)nc1C. The predicted molar refractivity (Wildman–Crippen MR) is 67.6 cm³/mol. The Morgan fingerprint density at radius 2 is 2.41 bits per heavy atom. The van der Waals surface area contributed by atoms with E-state index in [1.54, 1.807) is 0 Å². The largest absolute Gasteiger partial charge is 0.501 e. The van der Waals surface area contributed by atoms with E-state index in [1.807, 2.05) is 18.0 Å². The van der Waals surface area contributed by atoms with Gasteiger partial charge in [0.05, 0.1) is 24.6 Å². The van der Waals surface area contributed by atoms with Gasteiger partial charge in [-0.25, -0.2) is 0 Å². The van der Waals surface area contributed by atoms with E-state index in [9.17, 15) is 0 Å². The molecular formula is C13H21N3O. The predicted octanol–water partition coefficient (Wildman–Crippen LogP) is 2.07. The molecule has 4 heteroatoms. The lowest BCUT2D eigenvalue weighted by Gasteiger charge is -2.23. The van der Waals surface area contributed by atoms with Gasteiger partial charge in [0.1, 0.15) is 0 Å². The van der Waals surface area contributed by atoms with Gasteiger partial charge in [-0.3, -0.25) is 4.68 Å². The molecule has 0 aromatic carbocycles. The van der Waals surface area contributed by atoms with Gasteiger partial charge in [-0.1, -0.05) is 6.92 Å². The van der Waals surface area contributed by atoms with Crippen molar-refractivity contribution in [2.45, 2.75) is 32.7 Å². The zero-order valence-corrected chi connectivity index (χ0v) is 10.9. The van der Waals surface area contributed by atoms with Crippen LogP contribution in [0.4, 0.5) is 0 Å². The minimum atomic E-state index is 0.244. The summed E-state index contributed by atoms with van der Waals surface area (Å²) in [4.78, 5) is 0. The van der Waals surface area contributed by atoms with Gasteiger partial charge in [0.2, 0.25) is 0 Å². The monoisotopic (exact) mass is 235 g/mol. The molecule has 0 amide bonds. The Hall–Kier alpha value is -1.29. The summed E-state index contributed by atoms with van der Waals surface area (Å²) in [6, 6.07) is 0.244. The van der Waals surface area contributed by atoms with Gasteiger partial charge in [-0.15, -0.1) is 0 Å². The number of nitrogens with zero attached hydrogens (tertiary/aromatic N) is 2. The molecule has 4 nitrogen and oxygen atoms in total. The third-order valence-corrected chi connectivity index (χ3v) is 3.10. The van der Waals surface area contributed by atoms with E-state index in [1.165, 1.54) is 11.1 Å². The lowest BCUT2D eigenvalue weighted by atomic mass is 9.96. The highest BCUT2D eigenvalue weighted by atomic mass is 16.5. The van der Waals surface area contributed by atoms with E-state index in [0.29, 0.717) is 0 Å². The molecule has 1 unspecified atom stereocenters. The van der Waals surface area contributed by atoms with Gasteiger partial charge in [-0.2, -0.15) is 5.10 Å². The molecule has 1 N–H and O–H groups in total. The number of aryl methyl sites for hydroxylation is 2. The first-order valence-corrected chi connectivity index (χ1v) is 6.26. The molecule has 1 aliphatic rings. The average Bonchev–Trinajstić information content (AvgIpc) is 2.66. The van der Waals surface area contributed by atoms with Crippen molar-refractivity contribution in [2.75, 3.05) is 13.2 Å². The molecule has 1 atom stereocenters. The maximum atomic E-state index is 5.45. The van der Waals surface area contributed by atoms with Crippen molar-refractivity contribution < 1.29 is 4.74 Å². The number of likely N-dealkylation sites (N-methyl/N-ethyl adjacent to an activating group) is 1. The first kappa shape index (κ1) is 12.2. The lowest BCUT2D eigenvalue weighted by molar-refractivity contribution is 0.219. The molecule has 1 aromatic rings. The maximum Gasteiger partial charge on any atom is 0.0876 e. The molecule has 0 saturated heterocycles. The molecule has 1 aliphatic heterocycles. The van der Waals surface area contributed by atoms with E-state index >= 15 is 0 Å². The van der Waals surface area contributed by atoms with Gasteiger partial charge in [0, 0.05) is 18.8 Å². The highest BCUT2D eigenvalue weighted by Crippen LogP contribution is 2.29. The fraction of sp³-hybridized carbons (Fsp3) is 0.615. The lowest BCUT2D eigenvalue weighted by Crippen LogP contribution is -2.24. The van der Waals surface area contributed by atoms with Crippen molar-refractivity contribution in [3.05, 3.63) is 29.3 Å². The van der Waals surface area contributed by atoms with Crippen LogP contribution >= 0.6 is 0 Å². The van der Waals surface area contributed by atoms with Crippen LogP contribution in [0.25, 0.3) is 0 Å². The smallest absolute Gasteiger partial charge is 0.0876 e. The second kappa shape index (κ2) is 5.36. The zero-order valence-electron chi connectivity index (χ0n) is 10.9. The van der Waals surface area contributed by atoms with Crippen LogP contribution in [0.5, 0.6) is 0 Å². The van der Waals surface area contributed by atoms with E-state index < -0.39 is 0 Å². The second-order valence-electron chi connectivity index (χ2n) is 4.50. The number of hydrogen-bond acceptors (Lipinski definition) is 3. The average molecular weight is 235 g/mol.